The Hall–Kier alpha value is -0.0800. The maximum atomic E-state index is 9.40. The second kappa shape index (κ2) is 3.94. The molecule has 1 radical (unpaired) electrons. The summed E-state index contributed by atoms with van der Waals surface area (Å²) in [6.07, 6.45) is 4.07. The Bertz CT molecular complexity index is 93.3. The first-order valence-corrected chi connectivity index (χ1v) is 4.06. The number of likely N-dealkylation sites (tertiary alicyclic amines) is 1. The van der Waals surface area contributed by atoms with Gasteiger partial charge in [0.2, 0.25) is 0 Å². The molecule has 1 aliphatic heterocycles. The Morgan fingerprint density at radius 3 is 2.90 bits per heavy atom. The molecule has 1 atom stereocenters. The van der Waals surface area contributed by atoms with Crippen LogP contribution in [0.1, 0.15) is 25.7 Å². The van der Waals surface area contributed by atoms with Crippen LogP contribution in [-0.2, 0) is 0 Å². The summed E-state index contributed by atoms with van der Waals surface area (Å²) in [5, 5.41) is 9.40. The van der Waals surface area contributed by atoms with Crippen molar-refractivity contribution in [1.29, 1.82) is 0 Å². The van der Waals surface area contributed by atoms with Gasteiger partial charge in [0.05, 0.1) is 0 Å². The van der Waals surface area contributed by atoms with Gasteiger partial charge in [-0.15, -0.1) is 0 Å². The van der Waals surface area contributed by atoms with Gasteiger partial charge in [0, 0.05) is 13.1 Å². The number of aliphatic hydroxyl groups excluding tert-OH is 1. The van der Waals surface area contributed by atoms with Gasteiger partial charge in [0.1, 0.15) is 6.23 Å². The molecule has 1 unspecified atom stereocenters. The highest BCUT2D eigenvalue weighted by Gasteiger charge is 2.17. The molecule has 1 saturated heterocycles. The zero-order chi connectivity index (χ0) is 7.40. The maximum absolute atomic E-state index is 9.40. The summed E-state index contributed by atoms with van der Waals surface area (Å²) in [7, 11) is 0. The van der Waals surface area contributed by atoms with Crippen LogP contribution < -0.4 is 0 Å². The molecule has 0 amide bonds. The van der Waals surface area contributed by atoms with E-state index in [4.69, 9.17) is 0 Å². The lowest BCUT2D eigenvalue weighted by Crippen LogP contribution is -2.39. The van der Waals surface area contributed by atoms with Gasteiger partial charge in [-0.3, -0.25) is 4.90 Å². The Morgan fingerprint density at radius 2 is 2.30 bits per heavy atom. The van der Waals surface area contributed by atoms with Crippen LogP contribution in [0.15, 0.2) is 0 Å². The molecule has 2 nitrogen and oxygen atoms in total. The number of rotatable bonds is 2. The second-order valence-electron chi connectivity index (χ2n) is 2.87. The van der Waals surface area contributed by atoms with E-state index in [-0.39, 0.29) is 6.23 Å². The molecule has 0 aliphatic carbocycles. The zero-order valence-corrected chi connectivity index (χ0v) is 6.42. The normalized spacial score (nSPS) is 28.8. The van der Waals surface area contributed by atoms with Crippen LogP contribution in [-0.4, -0.2) is 29.3 Å². The zero-order valence-electron chi connectivity index (χ0n) is 6.42. The molecular weight excluding hydrogens is 126 g/mol. The van der Waals surface area contributed by atoms with Crippen molar-refractivity contribution in [2.24, 2.45) is 0 Å². The molecule has 1 fully saturated rings. The summed E-state index contributed by atoms with van der Waals surface area (Å²) >= 11 is 0. The van der Waals surface area contributed by atoms with Crippen LogP contribution in [0.2, 0.25) is 0 Å². The second-order valence-corrected chi connectivity index (χ2v) is 2.87. The highest BCUT2D eigenvalue weighted by Crippen LogP contribution is 2.14. The van der Waals surface area contributed by atoms with Crippen LogP contribution in [0.25, 0.3) is 0 Å². The summed E-state index contributed by atoms with van der Waals surface area (Å²) in [5.41, 5.74) is 0. The van der Waals surface area contributed by atoms with Crippen LogP contribution in [0.4, 0.5) is 0 Å². The van der Waals surface area contributed by atoms with Crippen molar-refractivity contribution in [1.82, 2.24) is 4.90 Å². The first-order chi connectivity index (χ1) is 4.84. The lowest BCUT2D eigenvalue weighted by atomic mass is 10.1. The molecule has 0 saturated carbocycles. The number of hydrogen-bond donors (Lipinski definition) is 1. The fraction of sp³-hybridized carbons (Fsp3) is 0.875. The number of aliphatic hydroxyl groups is 1. The number of piperidine rings is 1. The van der Waals surface area contributed by atoms with E-state index in [1.54, 1.807) is 0 Å². The maximum Gasteiger partial charge on any atom is 0.107 e. The van der Waals surface area contributed by atoms with Crippen molar-refractivity contribution in [2.45, 2.75) is 31.9 Å². The lowest BCUT2D eigenvalue weighted by molar-refractivity contribution is -0.0224. The molecule has 10 heavy (non-hydrogen) atoms. The van der Waals surface area contributed by atoms with Gasteiger partial charge in [-0.25, -0.2) is 0 Å². The van der Waals surface area contributed by atoms with Crippen molar-refractivity contribution in [2.75, 3.05) is 13.1 Å². The summed E-state index contributed by atoms with van der Waals surface area (Å²) in [5.74, 6) is 0. The van der Waals surface area contributed by atoms with Crippen LogP contribution in [0.5, 0.6) is 0 Å². The fourth-order valence-corrected chi connectivity index (χ4v) is 1.44. The smallest absolute Gasteiger partial charge is 0.107 e. The van der Waals surface area contributed by atoms with Crippen molar-refractivity contribution >= 4 is 0 Å². The summed E-state index contributed by atoms with van der Waals surface area (Å²) < 4.78 is 0. The van der Waals surface area contributed by atoms with Gasteiger partial charge >= 0.3 is 0 Å². The lowest BCUT2D eigenvalue weighted by Gasteiger charge is -2.31. The van der Waals surface area contributed by atoms with E-state index in [1.165, 1.54) is 12.8 Å². The first-order valence-electron chi connectivity index (χ1n) is 4.06. The van der Waals surface area contributed by atoms with E-state index < -0.39 is 0 Å². The summed E-state index contributed by atoms with van der Waals surface area (Å²) in [4.78, 5) is 2.11. The Kier molecular flexibility index (Phi) is 3.16. The van der Waals surface area contributed by atoms with E-state index >= 15 is 0 Å². The average molecular weight is 142 g/mol. The van der Waals surface area contributed by atoms with Crippen molar-refractivity contribution in [3.63, 3.8) is 0 Å². The largest absolute Gasteiger partial charge is 0.378 e. The number of nitrogens with zero attached hydrogens (tertiary/aromatic N) is 1. The summed E-state index contributed by atoms with van der Waals surface area (Å²) in [6, 6.07) is 0. The molecule has 0 spiro atoms. The van der Waals surface area contributed by atoms with Crippen molar-refractivity contribution in [3.05, 3.63) is 6.92 Å². The van der Waals surface area contributed by atoms with E-state index in [1.807, 2.05) is 0 Å². The van der Waals surface area contributed by atoms with Gasteiger partial charge in [-0.2, -0.15) is 0 Å². The topological polar surface area (TPSA) is 23.5 Å². The molecule has 59 valence electrons. The molecule has 1 N–H and O–H groups in total. The summed E-state index contributed by atoms with van der Waals surface area (Å²) in [6.45, 7) is 5.76. The van der Waals surface area contributed by atoms with Gasteiger partial charge in [0.25, 0.3) is 0 Å². The highest BCUT2D eigenvalue weighted by molar-refractivity contribution is 4.68. The Morgan fingerprint density at radius 1 is 1.50 bits per heavy atom. The molecule has 1 aliphatic rings. The fourth-order valence-electron chi connectivity index (χ4n) is 1.44. The SMILES string of the molecule is [CH2]CCN1CCCCC1O. The third-order valence-corrected chi connectivity index (χ3v) is 2.02. The first kappa shape index (κ1) is 8.02. The van der Waals surface area contributed by atoms with Crippen LogP contribution in [0.3, 0.4) is 0 Å². The highest BCUT2D eigenvalue weighted by atomic mass is 16.3. The quantitative estimate of drug-likeness (QED) is 0.622. The Balaban J connectivity index is 2.25. The van der Waals surface area contributed by atoms with E-state index in [2.05, 4.69) is 11.8 Å². The molecule has 0 aromatic carbocycles. The minimum absolute atomic E-state index is 0.185. The van der Waals surface area contributed by atoms with Crippen molar-refractivity contribution < 1.29 is 5.11 Å². The van der Waals surface area contributed by atoms with Gasteiger partial charge in [-0.05, 0) is 25.7 Å². The molecular formula is C8H16NO. The third-order valence-electron chi connectivity index (χ3n) is 2.02. The minimum Gasteiger partial charge on any atom is -0.378 e. The molecule has 1 heterocycles. The molecule has 1 rings (SSSR count). The molecule has 2 heteroatoms. The minimum atomic E-state index is -0.185. The number of hydrogen-bond acceptors (Lipinski definition) is 2. The van der Waals surface area contributed by atoms with Crippen LogP contribution >= 0.6 is 0 Å². The van der Waals surface area contributed by atoms with E-state index in [0.717, 1.165) is 25.9 Å². The average Bonchev–Trinajstić information content (AvgIpc) is 1.94. The molecule has 0 aromatic rings. The third kappa shape index (κ3) is 1.96. The van der Waals surface area contributed by atoms with Crippen molar-refractivity contribution in [3.8, 4) is 0 Å². The van der Waals surface area contributed by atoms with E-state index in [0.29, 0.717) is 0 Å². The predicted octanol–water partition coefficient (Wildman–Crippen LogP) is 1.01. The Labute approximate surface area is 62.8 Å². The molecule has 0 aromatic heterocycles. The van der Waals surface area contributed by atoms with Gasteiger partial charge in [-0.1, -0.05) is 6.92 Å². The predicted molar refractivity (Wildman–Crippen MR) is 41.4 cm³/mol. The van der Waals surface area contributed by atoms with Gasteiger partial charge in [0.15, 0.2) is 0 Å². The van der Waals surface area contributed by atoms with Crippen LogP contribution in [0, 0.1) is 6.92 Å². The monoisotopic (exact) mass is 142 g/mol. The molecule has 0 bridgehead atoms. The standard InChI is InChI=1S/C8H16NO/c1-2-6-9-7-4-3-5-8(9)10/h8,10H,1-7H2. The van der Waals surface area contributed by atoms with E-state index in [9.17, 15) is 5.11 Å². The van der Waals surface area contributed by atoms with Gasteiger partial charge < -0.3 is 5.11 Å².